The van der Waals surface area contributed by atoms with Crippen LogP contribution >= 0.6 is 0 Å². The van der Waals surface area contributed by atoms with E-state index < -0.39 is 23.1 Å². The van der Waals surface area contributed by atoms with Gasteiger partial charge in [0.05, 0.1) is 11.1 Å². The number of benzene rings is 2. The number of phenols is 2. The second-order valence-corrected chi connectivity index (χ2v) is 6.72. The lowest BCUT2D eigenvalue weighted by atomic mass is 9.74. The summed E-state index contributed by atoms with van der Waals surface area (Å²) in [5, 5.41) is 20.3. The molecule has 2 N–H and O–H groups in total. The molecule has 2 aromatic rings. The van der Waals surface area contributed by atoms with Crippen LogP contribution in [-0.4, -0.2) is 33.3 Å². The SMILES string of the molecule is CC1=C(C2=C(C)C(=O)c3cccc(O)c3C2=O)C(=O)c2c(O)cccc2C1=O. The first kappa shape index (κ1) is 17.6. The van der Waals surface area contributed by atoms with E-state index in [2.05, 4.69) is 0 Å². The molecule has 2 aromatic carbocycles. The number of fused-ring (bicyclic) bond motifs is 2. The summed E-state index contributed by atoms with van der Waals surface area (Å²) in [4.78, 5) is 51.9. The van der Waals surface area contributed by atoms with Gasteiger partial charge in [-0.15, -0.1) is 0 Å². The molecule has 0 amide bonds. The van der Waals surface area contributed by atoms with Gasteiger partial charge in [-0.25, -0.2) is 0 Å². The van der Waals surface area contributed by atoms with Crippen molar-refractivity contribution in [1.82, 2.24) is 0 Å². The highest BCUT2D eigenvalue weighted by molar-refractivity contribution is 6.37. The second kappa shape index (κ2) is 5.85. The number of rotatable bonds is 1. The Morgan fingerprint density at radius 2 is 0.929 bits per heavy atom. The molecular formula is C22H14O6. The van der Waals surface area contributed by atoms with Crippen molar-refractivity contribution in [3.8, 4) is 11.5 Å². The van der Waals surface area contributed by atoms with Gasteiger partial charge in [0, 0.05) is 33.4 Å². The Balaban J connectivity index is 2.01. The summed E-state index contributed by atoms with van der Waals surface area (Å²) < 4.78 is 0. The Morgan fingerprint density at radius 1 is 0.571 bits per heavy atom. The molecule has 0 atom stereocenters. The smallest absolute Gasteiger partial charge is 0.198 e. The van der Waals surface area contributed by atoms with E-state index in [4.69, 9.17) is 0 Å². The highest BCUT2D eigenvalue weighted by Gasteiger charge is 2.41. The highest BCUT2D eigenvalue weighted by atomic mass is 16.3. The quantitative estimate of drug-likeness (QED) is 0.793. The largest absolute Gasteiger partial charge is 0.507 e. The first-order chi connectivity index (χ1) is 13.3. The number of hydrogen-bond acceptors (Lipinski definition) is 6. The maximum atomic E-state index is 13.2. The van der Waals surface area contributed by atoms with Gasteiger partial charge in [0.15, 0.2) is 23.1 Å². The number of ketones is 4. The third kappa shape index (κ3) is 2.15. The fourth-order valence-corrected chi connectivity index (χ4v) is 3.76. The van der Waals surface area contributed by atoms with Crippen LogP contribution in [0.3, 0.4) is 0 Å². The maximum Gasteiger partial charge on any atom is 0.198 e. The minimum atomic E-state index is -0.709. The highest BCUT2D eigenvalue weighted by Crippen LogP contribution is 2.40. The van der Waals surface area contributed by atoms with Crippen LogP contribution in [0.5, 0.6) is 11.5 Å². The summed E-state index contributed by atoms with van der Waals surface area (Å²) in [6, 6.07) is 8.30. The molecule has 0 heterocycles. The van der Waals surface area contributed by atoms with Crippen LogP contribution in [0, 0.1) is 0 Å². The molecule has 0 unspecified atom stereocenters. The van der Waals surface area contributed by atoms with Gasteiger partial charge in [0.25, 0.3) is 0 Å². The van der Waals surface area contributed by atoms with Gasteiger partial charge >= 0.3 is 0 Å². The molecule has 0 aromatic heterocycles. The van der Waals surface area contributed by atoms with E-state index in [1.54, 1.807) is 0 Å². The van der Waals surface area contributed by atoms with Crippen molar-refractivity contribution in [1.29, 1.82) is 0 Å². The third-order valence-electron chi connectivity index (χ3n) is 5.16. The molecule has 6 nitrogen and oxygen atoms in total. The predicted molar refractivity (Wildman–Crippen MR) is 98.9 cm³/mol. The molecule has 0 radical (unpaired) electrons. The van der Waals surface area contributed by atoms with Crippen molar-refractivity contribution in [3.05, 3.63) is 80.9 Å². The minimum Gasteiger partial charge on any atom is -0.507 e. The van der Waals surface area contributed by atoms with Crippen LogP contribution in [0.2, 0.25) is 0 Å². The number of phenolic OH excluding ortho intramolecular Hbond substituents is 2. The van der Waals surface area contributed by atoms with Gasteiger partial charge < -0.3 is 10.2 Å². The van der Waals surface area contributed by atoms with Crippen LogP contribution in [0.4, 0.5) is 0 Å². The van der Waals surface area contributed by atoms with E-state index >= 15 is 0 Å². The van der Waals surface area contributed by atoms with E-state index in [1.165, 1.54) is 50.2 Å². The van der Waals surface area contributed by atoms with Gasteiger partial charge in [0.1, 0.15) is 11.5 Å². The normalized spacial score (nSPS) is 16.5. The molecule has 4 rings (SSSR count). The van der Waals surface area contributed by atoms with Crippen LogP contribution in [0.25, 0.3) is 0 Å². The summed E-state index contributed by atoms with van der Waals surface area (Å²) in [7, 11) is 0. The minimum absolute atomic E-state index is 0.0115. The molecule has 6 heteroatoms. The number of carbonyl (C=O) groups excluding carboxylic acids is 4. The first-order valence-corrected chi connectivity index (χ1v) is 8.50. The molecule has 0 spiro atoms. The molecule has 2 aliphatic carbocycles. The molecule has 0 fully saturated rings. The Kier molecular flexibility index (Phi) is 3.68. The van der Waals surface area contributed by atoms with E-state index in [1.807, 2.05) is 0 Å². The maximum absolute atomic E-state index is 13.2. The van der Waals surface area contributed by atoms with Gasteiger partial charge in [-0.3, -0.25) is 19.2 Å². The Labute approximate surface area is 159 Å². The number of Topliss-reactive ketones (excluding diaryl/α,β-unsaturated/α-hetero) is 4. The van der Waals surface area contributed by atoms with Crippen LogP contribution < -0.4 is 0 Å². The number of aromatic hydroxyl groups is 2. The van der Waals surface area contributed by atoms with Crippen molar-refractivity contribution >= 4 is 23.1 Å². The molecule has 28 heavy (non-hydrogen) atoms. The van der Waals surface area contributed by atoms with Crippen molar-refractivity contribution in [2.75, 3.05) is 0 Å². The number of carbonyl (C=O) groups is 4. The monoisotopic (exact) mass is 374 g/mol. The standard InChI is InChI=1S/C22H14O6/c1-9-15(21(27)17-11(19(9)25)5-3-7-13(17)23)16-10(2)20(26)12-6-4-8-14(24)18(12)22(16)28/h3-8,23-24H,1-2H3. The average molecular weight is 374 g/mol. The average Bonchev–Trinajstić information content (AvgIpc) is 2.66. The van der Waals surface area contributed by atoms with Gasteiger partial charge in [0.2, 0.25) is 0 Å². The fraction of sp³-hybridized carbons (Fsp3) is 0.0909. The van der Waals surface area contributed by atoms with Crippen LogP contribution in [-0.2, 0) is 0 Å². The molecule has 0 saturated carbocycles. The molecular weight excluding hydrogens is 360 g/mol. The Bertz CT molecular complexity index is 1110. The summed E-state index contributed by atoms with van der Waals surface area (Å²) in [5.41, 5.74) is -0.722. The van der Waals surface area contributed by atoms with E-state index in [0.717, 1.165) is 0 Å². The number of hydrogen-bond donors (Lipinski definition) is 2. The summed E-state index contributed by atoms with van der Waals surface area (Å²) in [5.74, 6) is -3.19. The van der Waals surface area contributed by atoms with Crippen molar-refractivity contribution < 1.29 is 29.4 Å². The van der Waals surface area contributed by atoms with Crippen molar-refractivity contribution in [3.63, 3.8) is 0 Å². The van der Waals surface area contributed by atoms with Crippen LogP contribution in [0.1, 0.15) is 55.3 Å². The lowest BCUT2D eigenvalue weighted by Crippen LogP contribution is -2.29. The van der Waals surface area contributed by atoms with Gasteiger partial charge in [-0.2, -0.15) is 0 Å². The van der Waals surface area contributed by atoms with E-state index in [0.29, 0.717) is 0 Å². The van der Waals surface area contributed by atoms with Crippen molar-refractivity contribution in [2.45, 2.75) is 13.8 Å². The first-order valence-electron chi connectivity index (χ1n) is 8.50. The zero-order valence-electron chi connectivity index (χ0n) is 15.0. The topological polar surface area (TPSA) is 109 Å². The Morgan fingerprint density at radius 3 is 1.29 bits per heavy atom. The van der Waals surface area contributed by atoms with Crippen molar-refractivity contribution in [2.24, 2.45) is 0 Å². The lowest BCUT2D eigenvalue weighted by molar-refractivity contribution is 0.0950. The van der Waals surface area contributed by atoms with E-state index in [-0.39, 0.29) is 56.0 Å². The fourth-order valence-electron chi connectivity index (χ4n) is 3.76. The number of allylic oxidation sites excluding steroid dienone is 4. The molecule has 138 valence electrons. The molecule has 0 saturated heterocycles. The van der Waals surface area contributed by atoms with Gasteiger partial charge in [-0.05, 0) is 26.0 Å². The summed E-state index contributed by atoms with van der Waals surface area (Å²) >= 11 is 0. The molecule has 0 aliphatic heterocycles. The summed E-state index contributed by atoms with van der Waals surface area (Å²) in [6.07, 6.45) is 0. The van der Waals surface area contributed by atoms with Gasteiger partial charge in [-0.1, -0.05) is 24.3 Å². The van der Waals surface area contributed by atoms with E-state index in [9.17, 15) is 29.4 Å². The predicted octanol–water partition coefficient (Wildman–Crippen LogP) is 3.19. The third-order valence-corrected chi connectivity index (χ3v) is 5.16. The zero-order valence-corrected chi connectivity index (χ0v) is 15.0. The molecule has 2 aliphatic rings. The lowest BCUT2D eigenvalue weighted by Gasteiger charge is -2.25. The van der Waals surface area contributed by atoms with Crippen LogP contribution in [0.15, 0.2) is 58.7 Å². The second-order valence-electron chi connectivity index (χ2n) is 6.72. The Hall–Kier alpha value is -3.80. The zero-order chi connectivity index (χ0) is 20.3. The summed E-state index contributed by atoms with van der Waals surface area (Å²) in [6.45, 7) is 2.81. The molecule has 0 bridgehead atoms.